The lowest BCUT2D eigenvalue weighted by molar-refractivity contribution is -0.139. The number of hydrogen-bond acceptors (Lipinski definition) is 5. The van der Waals surface area contributed by atoms with Gasteiger partial charge < -0.3 is 20.1 Å². The third-order valence-corrected chi connectivity index (χ3v) is 2.56. The number of morpholine rings is 1. The fourth-order valence-corrected chi connectivity index (χ4v) is 1.54. The number of nitrogens with two attached hydrogens (primary N) is 1. The second kappa shape index (κ2) is 6.43. The fraction of sp³-hybridized carbons (Fsp3) is 0.800. The summed E-state index contributed by atoms with van der Waals surface area (Å²) < 4.78 is 10.2. The molecule has 6 heteroatoms. The van der Waals surface area contributed by atoms with Crippen LogP contribution in [0, 0.1) is 11.3 Å². The molecule has 0 aromatic rings. The number of rotatable bonds is 4. The molecule has 0 saturated carbocycles. The molecule has 0 bridgehead atoms. The van der Waals surface area contributed by atoms with Crippen molar-refractivity contribution in [3.05, 3.63) is 0 Å². The van der Waals surface area contributed by atoms with Crippen molar-refractivity contribution in [2.24, 2.45) is 5.73 Å². The van der Waals surface area contributed by atoms with Crippen LogP contribution in [-0.4, -0.2) is 56.4 Å². The molecule has 1 rings (SSSR count). The van der Waals surface area contributed by atoms with Crippen LogP contribution < -0.4 is 5.73 Å². The number of hydrogen-bond donors (Lipinski definition) is 1. The van der Waals surface area contributed by atoms with E-state index in [4.69, 9.17) is 20.5 Å². The van der Waals surface area contributed by atoms with Crippen LogP contribution in [0.5, 0.6) is 0 Å². The summed E-state index contributed by atoms with van der Waals surface area (Å²) in [5.41, 5.74) is 5.44. The second-order valence-corrected chi connectivity index (χ2v) is 3.63. The van der Waals surface area contributed by atoms with E-state index >= 15 is 0 Å². The zero-order chi connectivity index (χ0) is 12.0. The van der Waals surface area contributed by atoms with E-state index in [0.717, 1.165) is 0 Å². The van der Waals surface area contributed by atoms with Crippen LogP contribution in [0.4, 0.5) is 0 Å². The third kappa shape index (κ3) is 3.45. The Balaban J connectivity index is 2.44. The Kier molecular flexibility index (Phi) is 5.19. The van der Waals surface area contributed by atoms with Crippen LogP contribution in [0.3, 0.4) is 0 Å². The Bertz CT molecular complexity index is 273. The van der Waals surface area contributed by atoms with Crippen molar-refractivity contribution in [2.75, 3.05) is 33.4 Å². The van der Waals surface area contributed by atoms with E-state index in [-0.39, 0.29) is 18.4 Å². The minimum Gasteiger partial charge on any atom is -0.380 e. The standard InChI is InChI=1S/C10H17N3O3/c1-15-8(5-11)4-10(14)13-2-3-16-9(6-12)7-13/h8-9H,2-5,7,11H2,1H3. The normalized spacial score (nSPS) is 22.6. The van der Waals surface area contributed by atoms with Crippen LogP contribution in [0.15, 0.2) is 0 Å². The predicted molar refractivity (Wildman–Crippen MR) is 56.4 cm³/mol. The lowest BCUT2D eigenvalue weighted by atomic mass is 10.2. The van der Waals surface area contributed by atoms with Crippen molar-refractivity contribution < 1.29 is 14.3 Å². The van der Waals surface area contributed by atoms with Gasteiger partial charge in [0.15, 0.2) is 6.10 Å². The van der Waals surface area contributed by atoms with Crippen molar-refractivity contribution in [1.29, 1.82) is 5.26 Å². The molecule has 2 unspecified atom stereocenters. The molecule has 1 aliphatic rings. The van der Waals surface area contributed by atoms with E-state index in [1.165, 1.54) is 7.11 Å². The highest BCUT2D eigenvalue weighted by atomic mass is 16.5. The molecule has 0 spiro atoms. The van der Waals surface area contributed by atoms with Crippen LogP contribution in [0.25, 0.3) is 0 Å². The average molecular weight is 227 g/mol. The van der Waals surface area contributed by atoms with Gasteiger partial charge in [-0.2, -0.15) is 5.26 Å². The molecule has 1 heterocycles. The Morgan fingerprint density at radius 3 is 3.12 bits per heavy atom. The summed E-state index contributed by atoms with van der Waals surface area (Å²) in [4.78, 5) is 13.4. The van der Waals surface area contributed by atoms with Crippen molar-refractivity contribution >= 4 is 5.91 Å². The molecule has 0 aromatic carbocycles. The highest BCUT2D eigenvalue weighted by Gasteiger charge is 2.25. The number of carbonyl (C=O) groups excluding carboxylic acids is 1. The van der Waals surface area contributed by atoms with Crippen molar-refractivity contribution in [3.63, 3.8) is 0 Å². The number of nitriles is 1. The van der Waals surface area contributed by atoms with E-state index in [1.54, 1.807) is 4.90 Å². The van der Waals surface area contributed by atoms with E-state index in [1.807, 2.05) is 6.07 Å². The largest absolute Gasteiger partial charge is 0.380 e. The maximum atomic E-state index is 11.8. The first-order valence-electron chi connectivity index (χ1n) is 5.23. The van der Waals surface area contributed by atoms with Crippen molar-refractivity contribution in [3.8, 4) is 6.07 Å². The lowest BCUT2D eigenvalue weighted by Gasteiger charge is -2.30. The van der Waals surface area contributed by atoms with Gasteiger partial charge in [0.05, 0.1) is 31.7 Å². The van der Waals surface area contributed by atoms with Crippen molar-refractivity contribution in [2.45, 2.75) is 18.6 Å². The third-order valence-electron chi connectivity index (χ3n) is 2.56. The molecule has 1 amide bonds. The van der Waals surface area contributed by atoms with E-state index in [2.05, 4.69) is 0 Å². The summed E-state index contributed by atoms with van der Waals surface area (Å²) in [6, 6.07) is 2.00. The van der Waals surface area contributed by atoms with Crippen LogP contribution in [0.1, 0.15) is 6.42 Å². The van der Waals surface area contributed by atoms with Crippen LogP contribution in [-0.2, 0) is 14.3 Å². The molecule has 0 aliphatic carbocycles. The summed E-state index contributed by atoms with van der Waals surface area (Å²) in [5, 5.41) is 8.71. The molecule has 1 saturated heterocycles. The Labute approximate surface area is 94.9 Å². The minimum absolute atomic E-state index is 0.0409. The Morgan fingerprint density at radius 2 is 2.56 bits per heavy atom. The maximum Gasteiger partial charge on any atom is 0.225 e. The molecule has 0 aromatic heterocycles. The molecular weight excluding hydrogens is 210 g/mol. The Morgan fingerprint density at radius 1 is 1.81 bits per heavy atom. The van der Waals surface area contributed by atoms with Gasteiger partial charge >= 0.3 is 0 Å². The van der Waals surface area contributed by atoms with Crippen LogP contribution >= 0.6 is 0 Å². The molecule has 90 valence electrons. The molecule has 0 radical (unpaired) electrons. The molecule has 16 heavy (non-hydrogen) atoms. The number of nitrogens with zero attached hydrogens (tertiary/aromatic N) is 2. The number of ether oxygens (including phenoxy) is 2. The van der Waals surface area contributed by atoms with Gasteiger partial charge in [-0.1, -0.05) is 0 Å². The molecule has 6 nitrogen and oxygen atoms in total. The fourth-order valence-electron chi connectivity index (χ4n) is 1.54. The van der Waals surface area contributed by atoms with Crippen molar-refractivity contribution in [1.82, 2.24) is 4.90 Å². The monoisotopic (exact) mass is 227 g/mol. The first-order valence-corrected chi connectivity index (χ1v) is 5.23. The molecule has 1 aliphatic heterocycles. The quantitative estimate of drug-likeness (QED) is 0.672. The highest BCUT2D eigenvalue weighted by molar-refractivity contribution is 5.76. The lowest BCUT2D eigenvalue weighted by Crippen LogP contribution is -2.46. The zero-order valence-corrected chi connectivity index (χ0v) is 9.39. The summed E-state index contributed by atoms with van der Waals surface area (Å²) >= 11 is 0. The summed E-state index contributed by atoms with van der Waals surface area (Å²) in [6.07, 6.45) is -0.516. The maximum absolute atomic E-state index is 11.8. The number of carbonyl (C=O) groups is 1. The van der Waals surface area contributed by atoms with Gasteiger partial charge in [0, 0.05) is 20.2 Å². The van der Waals surface area contributed by atoms with Gasteiger partial charge in [0.2, 0.25) is 5.91 Å². The van der Waals surface area contributed by atoms with Gasteiger partial charge in [-0.25, -0.2) is 0 Å². The van der Waals surface area contributed by atoms with Gasteiger partial charge in [-0.15, -0.1) is 0 Å². The average Bonchev–Trinajstić information content (AvgIpc) is 2.35. The summed E-state index contributed by atoms with van der Waals surface area (Å²) in [5.74, 6) is -0.0409. The molecular formula is C10H17N3O3. The molecule has 2 atom stereocenters. The van der Waals surface area contributed by atoms with Gasteiger partial charge in [-0.05, 0) is 0 Å². The minimum atomic E-state index is -0.517. The number of methoxy groups -OCH3 is 1. The van der Waals surface area contributed by atoms with E-state index in [9.17, 15) is 4.79 Å². The highest BCUT2D eigenvalue weighted by Crippen LogP contribution is 2.08. The molecule has 1 fully saturated rings. The first-order chi connectivity index (χ1) is 7.71. The van der Waals surface area contributed by atoms with Crippen LogP contribution in [0.2, 0.25) is 0 Å². The van der Waals surface area contributed by atoms with E-state index < -0.39 is 6.10 Å². The van der Waals surface area contributed by atoms with Gasteiger partial charge in [-0.3, -0.25) is 4.79 Å². The smallest absolute Gasteiger partial charge is 0.225 e. The van der Waals surface area contributed by atoms with Gasteiger partial charge in [0.1, 0.15) is 0 Å². The SMILES string of the molecule is COC(CN)CC(=O)N1CCOC(C#N)C1. The summed E-state index contributed by atoms with van der Waals surface area (Å²) in [6.45, 7) is 1.58. The summed E-state index contributed by atoms with van der Waals surface area (Å²) in [7, 11) is 1.53. The predicted octanol–water partition coefficient (Wildman–Crippen LogP) is -0.899. The zero-order valence-electron chi connectivity index (χ0n) is 9.39. The first kappa shape index (κ1) is 12.9. The second-order valence-electron chi connectivity index (χ2n) is 3.63. The molecule has 2 N–H and O–H groups in total. The number of amides is 1. The Hall–Kier alpha value is -1.16. The van der Waals surface area contributed by atoms with Gasteiger partial charge in [0.25, 0.3) is 0 Å². The van der Waals surface area contributed by atoms with E-state index in [0.29, 0.717) is 26.2 Å². The topological polar surface area (TPSA) is 88.6 Å².